The molecule has 0 aliphatic carbocycles. The molecule has 0 saturated carbocycles. The van der Waals surface area contributed by atoms with E-state index in [1.807, 2.05) is 19.9 Å². The molecule has 2 rings (SSSR count). The van der Waals surface area contributed by atoms with Crippen LogP contribution in [0.2, 0.25) is 0 Å². The van der Waals surface area contributed by atoms with Gasteiger partial charge in [-0.2, -0.15) is 13.0 Å². The van der Waals surface area contributed by atoms with Crippen molar-refractivity contribution in [1.82, 2.24) is 0 Å². The molecule has 0 aliphatic heterocycles. The highest BCUT2D eigenvalue weighted by Gasteiger charge is 2.14. The number of hydrogen-bond acceptors (Lipinski definition) is 2. The van der Waals surface area contributed by atoms with Gasteiger partial charge in [0.25, 0.3) is 10.1 Å². The number of nitrogens with zero attached hydrogens (tertiary/aromatic N) is 1. The number of rotatable bonds is 4. The van der Waals surface area contributed by atoms with Crippen molar-refractivity contribution in [2.24, 2.45) is 0 Å². The quantitative estimate of drug-likeness (QED) is 0.688. The molecule has 19 heavy (non-hydrogen) atoms. The maximum absolute atomic E-state index is 10.8. The third-order valence-corrected chi connectivity index (χ3v) is 4.00. The Morgan fingerprint density at radius 1 is 1.16 bits per heavy atom. The second-order valence-corrected chi connectivity index (χ2v) is 6.40. The zero-order chi connectivity index (χ0) is 14.0. The smallest absolute Gasteiger partial charge is 0.265 e. The Labute approximate surface area is 113 Å². The minimum absolute atomic E-state index is 0.207. The molecule has 0 unspecified atom stereocenters. The van der Waals surface area contributed by atoms with E-state index < -0.39 is 10.1 Å². The fourth-order valence-electron chi connectivity index (χ4n) is 2.22. The van der Waals surface area contributed by atoms with Gasteiger partial charge in [0.1, 0.15) is 6.54 Å². The molecule has 1 aromatic heterocycles. The molecule has 0 spiro atoms. The van der Waals surface area contributed by atoms with Crippen LogP contribution in [0.1, 0.15) is 17.7 Å². The Kier molecular flexibility index (Phi) is 3.87. The standard InChI is InChI=1S/C14H17NO3S/c1-11-4-6-13-7-5-12(2)15(14(13)10-11)8-3-9-19(16,17)18/h4-7,10H,3,8-9H2,1-2H3/p+1. The third kappa shape index (κ3) is 3.52. The first-order valence-corrected chi connectivity index (χ1v) is 7.83. The van der Waals surface area contributed by atoms with E-state index in [-0.39, 0.29) is 5.75 Å². The zero-order valence-electron chi connectivity index (χ0n) is 11.1. The first-order valence-electron chi connectivity index (χ1n) is 6.22. The van der Waals surface area contributed by atoms with E-state index in [9.17, 15) is 8.42 Å². The molecule has 1 N–H and O–H groups in total. The van der Waals surface area contributed by atoms with Gasteiger partial charge in [0.15, 0.2) is 5.69 Å². The average Bonchev–Trinajstić information content (AvgIpc) is 2.30. The fourth-order valence-corrected chi connectivity index (χ4v) is 2.71. The summed E-state index contributed by atoms with van der Waals surface area (Å²) in [5.74, 6) is -0.207. The molecular weight excluding hydrogens is 262 g/mol. The number of pyridine rings is 1. The Balaban J connectivity index is 2.35. The van der Waals surface area contributed by atoms with Gasteiger partial charge < -0.3 is 0 Å². The Bertz CT molecular complexity index is 703. The molecule has 102 valence electrons. The van der Waals surface area contributed by atoms with Gasteiger partial charge in [-0.3, -0.25) is 4.55 Å². The minimum atomic E-state index is -3.88. The van der Waals surface area contributed by atoms with Gasteiger partial charge in [-0.25, -0.2) is 0 Å². The van der Waals surface area contributed by atoms with Gasteiger partial charge in [-0.15, -0.1) is 0 Å². The Hall–Kier alpha value is -1.46. The van der Waals surface area contributed by atoms with Crippen LogP contribution in [0, 0.1) is 13.8 Å². The summed E-state index contributed by atoms with van der Waals surface area (Å²) in [5.41, 5.74) is 3.34. The van der Waals surface area contributed by atoms with E-state index in [0.717, 1.165) is 16.6 Å². The van der Waals surface area contributed by atoms with Gasteiger partial charge in [-0.1, -0.05) is 6.07 Å². The summed E-state index contributed by atoms with van der Waals surface area (Å²) in [6.07, 6.45) is 0.400. The highest BCUT2D eigenvalue weighted by molar-refractivity contribution is 7.85. The number of hydrogen-bond donors (Lipinski definition) is 1. The van der Waals surface area contributed by atoms with Crippen molar-refractivity contribution in [3.05, 3.63) is 41.6 Å². The summed E-state index contributed by atoms with van der Waals surface area (Å²) in [6.45, 7) is 4.60. The highest BCUT2D eigenvalue weighted by Crippen LogP contribution is 2.13. The van der Waals surface area contributed by atoms with Crippen molar-refractivity contribution in [1.29, 1.82) is 0 Å². The van der Waals surface area contributed by atoms with Crippen LogP contribution < -0.4 is 4.57 Å². The molecule has 0 radical (unpaired) electrons. The number of aromatic nitrogens is 1. The molecule has 0 amide bonds. The highest BCUT2D eigenvalue weighted by atomic mass is 32.2. The van der Waals surface area contributed by atoms with Crippen molar-refractivity contribution in [2.45, 2.75) is 26.8 Å². The zero-order valence-corrected chi connectivity index (χ0v) is 11.9. The van der Waals surface area contributed by atoms with E-state index >= 15 is 0 Å². The monoisotopic (exact) mass is 280 g/mol. The average molecular weight is 280 g/mol. The number of fused-ring (bicyclic) bond motifs is 1. The molecule has 0 atom stereocenters. The fraction of sp³-hybridized carbons (Fsp3) is 0.357. The predicted molar refractivity (Wildman–Crippen MR) is 74.6 cm³/mol. The summed E-state index contributed by atoms with van der Waals surface area (Å²) in [4.78, 5) is 0. The second-order valence-electron chi connectivity index (χ2n) is 4.83. The topological polar surface area (TPSA) is 58.2 Å². The summed E-state index contributed by atoms with van der Waals surface area (Å²) < 4.78 is 32.4. The summed E-state index contributed by atoms with van der Waals surface area (Å²) in [5, 5.41) is 1.13. The van der Waals surface area contributed by atoms with Gasteiger partial charge >= 0.3 is 0 Å². The molecule has 0 fully saturated rings. The maximum atomic E-state index is 10.8. The number of aryl methyl sites for hydroxylation is 3. The van der Waals surface area contributed by atoms with Crippen LogP contribution in [0.25, 0.3) is 10.9 Å². The van der Waals surface area contributed by atoms with E-state index in [4.69, 9.17) is 4.55 Å². The normalized spacial score (nSPS) is 11.9. The van der Waals surface area contributed by atoms with Gasteiger partial charge in [0.05, 0.1) is 5.75 Å². The molecule has 0 saturated heterocycles. The minimum Gasteiger partial charge on any atom is -0.286 e. The van der Waals surface area contributed by atoms with E-state index in [1.54, 1.807) is 0 Å². The van der Waals surface area contributed by atoms with E-state index in [2.05, 4.69) is 28.8 Å². The number of benzene rings is 1. The van der Waals surface area contributed by atoms with Crippen molar-refractivity contribution < 1.29 is 17.5 Å². The van der Waals surface area contributed by atoms with Gasteiger partial charge in [-0.05, 0) is 24.6 Å². The van der Waals surface area contributed by atoms with Crippen LogP contribution in [0.3, 0.4) is 0 Å². The lowest BCUT2D eigenvalue weighted by Crippen LogP contribution is -2.38. The SMILES string of the molecule is Cc1ccc2ccc(C)[n+](CCCS(=O)(=O)O)c2c1. The van der Waals surface area contributed by atoms with Gasteiger partial charge in [0, 0.05) is 30.9 Å². The van der Waals surface area contributed by atoms with Crippen molar-refractivity contribution in [2.75, 3.05) is 5.75 Å². The predicted octanol–water partition coefficient (Wildman–Crippen LogP) is 2.02. The lowest BCUT2D eigenvalue weighted by molar-refractivity contribution is -0.677. The van der Waals surface area contributed by atoms with Crippen LogP contribution in [-0.4, -0.2) is 18.7 Å². The van der Waals surface area contributed by atoms with Gasteiger partial charge in [0.2, 0.25) is 5.52 Å². The lowest BCUT2D eigenvalue weighted by Gasteiger charge is -2.05. The summed E-state index contributed by atoms with van der Waals surface area (Å²) >= 11 is 0. The van der Waals surface area contributed by atoms with Crippen LogP contribution in [0.15, 0.2) is 30.3 Å². The first kappa shape index (κ1) is 14.0. The summed E-state index contributed by atoms with van der Waals surface area (Å²) in [6, 6.07) is 10.3. The van der Waals surface area contributed by atoms with E-state index in [0.29, 0.717) is 13.0 Å². The molecule has 1 heterocycles. The second kappa shape index (κ2) is 5.27. The largest absolute Gasteiger partial charge is 0.286 e. The van der Waals surface area contributed by atoms with Crippen LogP contribution in [0.4, 0.5) is 0 Å². The van der Waals surface area contributed by atoms with E-state index in [1.165, 1.54) is 5.56 Å². The Morgan fingerprint density at radius 2 is 1.84 bits per heavy atom. The van der Waals surface area contributed by atoms with Crippen LogP contribution in [-0.2, 0) is 16.7 Å². The molecule has 4 nitrogen and oxygen atoms in total. The Morgan fingerprint density at radius 3 is 2.53 bits per heavy atom. The van der Waals surface area contributed by atoms with Crippen LogP contribution in [0.5, 0.6) is 0 Å². The molecule has 2 aromatic rings. The van der Waals surface area contributed by atoms with Crippen molar-refractivity contribution in [3.8, 4) is 0 Å². The molecule has 0 bridgehead atoms. The molecule has 0 aliphatic rings. The summed E-state index contributed by atoms with van der Waals surface area (Å²) in [7, 11) is -3.88. The van der Waals surface area contributed by atoms with Crippen molar-refractivity contribution >= 4 is 21.0 Å². The lowest BCUT2D eigenvalue weighted by atomic mass is 10.1. The van der Waals surface area contributed by atoms with Crippen LogP contribution >= 0.6 is 0 Å². The van der Waals surface area contributed by atoms with Crippen molar-refractivity contribution in [3.63, 3.8) is 0 Å². The maximum Gasteiger partial charge on any atom is 0.265 e. The molecule has 1 aromatic carbocycles. The molecular formula is C14H18NO3S+. The first-order chi connectivity index (χ1) is 8.87. The molecule has 5 heteroatoms. The third-order valence-electron chi connectivity index (χ3n) is 3.19.